The van der Waals surface area contributed by atoms with Crippen LogP contribution in [0.2, 0.25) is 0 Å². The number of hydrogen-bond donors (Lipinski definition) is 1. The van der Waals surface area contributed by atoms with E-state index in [0.717, 1.165) is 11.1 Å². The van der Waals surface area contributed by atoms with Gasteiger partial charge >= 0.3 is 0 Å². The number of hydrogen-bond acceptors (Lipinski definition) is 4. The third-order valence-corrected chi connectivity index (χ3v) is 3.25. The summed E-state index contributed by atoms with van der Waals surface area (Å²) in [6.07, 6.45) is 0. The quantitative estimate of drug-likeness (QED) is 0.402. The minimum absolute atomic E-state index is 0.0467. The van der Waals surface area contributed by atoms with E-state index in [2.05, 4.69) is 0 Å². The normalized spacial score (nSPS) is 10.3. The minimum atomic E-state index is -0.501. The molecule has 102 valence electrons. The number of nitrogen functional groups attached to an aromatic ring is 1. The number of nitrogens with two attached hydrogens (primary N) is 1. The van der Waals surface area contributed by atoms with Gasteiger partial charge in [0.05, 0.1) is 4.92 Å². The molecule has 0 radical (unpaired) electrons. The average molecular weight is 270 g/mol. The first-order chi connectivity index (χ1) is 9.40. The van der Waals surface area contributed by atoms with Crippen LogP contribution in [-0.4, -0.2) is 10.7 Å². The molecule has 0 unspecified atom stereocenters. The fraction of sp³-hybridized carbons (Fsp3) is 0.133. The molecule has 2 rings (SSSR count). The lowest BCUT2D eigenvalue weighted by Gasteiger charge is -2.08. The molecule has 5 nitrogen and oxygen atoms in total. The van der Waals surface area contributed by atoms with E-state index in [1.54, 1.807) is 12.1 Å². The zero-order chi connectivity index (χ0) is 14.9. The second-order valence-corrected chi connectivity index (χ2v) is 4.66. The van der Waals surface area contributed by atoms with Crippen molar-refractivity contribution in [1.82, 2.24) is 0 Å². The number of nitro groups is 1. The summed E-state index contributed by atoms with van der Waals surface area (Å²) >= 11 is 0. The summed E-state index contributed by atoms with van der Waals surface area (Å²) in [5, 5.41) is 10.6. The number of carbonyl (C=O) groups excluding carboxylic acids is 1. The van der Waals surface area contributed by atoms with Crippen LogP contribution in [0.3, 0.4) is 0 Å². The fourth-order valence-corrected chi connectivity index (χ4v) is 1.93. The van der Waals surface area contributed by atoms with Gasteiger partial charge in [-0.15, -0.1) is 0 Å². The molecule has 2 N–H and O–H groups in total. The molecule has 0 saturated carbocycles. The lowest BCUT2D eigenvalue weighted by Crippen LogP contribution is -2.06. The lowest BCUT2D eigenvalue weighted by atomic mass is 9.97. The van der Waals surface area contributed by atoms with Crippen molar-refractivity contribution in [1.29, 1.82) is 0 Å². The molecule has 0 aliphatic carbocycles. The molecule has 0 aliphatic rings. The number of ketones is 1. The lowest BCUT2D eigenvalue weighted by molar-refractivity contribution is -0.384. The first-order valence-electron chi connectivity index (χ1n) is 6.06. The summed E-state index contributed by atoms with van der Waals surface area (Å²) in [7, 11) is 0. The first-order valence-corrected chi connectivity index (χ1v) is 6.06. The van der Waals surface area contributed by atoms with Gasteiger partial charge in [-0.05, 0) is 49.2 Å². The maximum absolute atomic E-state index is 12.4. The fourth-order valence-electron chi connectivity index (χ4n) is 1.93. The largest absolute Gasteiger partial charge is 0.398 e. The molecule has 0 atom stereocenters. The smallest absolute Gasteiger partial charge is 0.269 e. The molecule has 0 amide bonds. The first kappa shape index (κ1) is 13.7. The van der Waals surface area contributed by atoms with Crippen molar-refractivity contribution in [2.45, 2.75) is 13.8 Å². The summed E-state index contributed by atoms with van der Waals surface area (Å²) in [6.45, 7) is 3.83. The van der Waals surface area contributed by atoms with E-state index in [-0.39, 0.29) is 11.5 Å². The molecule has 0 bridgehead atoms. The monoisotopic (exact) mass is 270 g/mol. The molecule has 0 spiro atoms. The third-order valence-electron chi connectivity index (χ3n) is 3.25. The molecule has 2 aromatic rings. The van der Waals surface area contributed by atoms with Crippen molar-refractivity contribution in [3.63, 3.8) is 0 Å². The second kappa shape index (κ2) is 5.13. The van der Waals surface area contributed by atoms with Crippen molar-refractivity contribution in [3.8, 4) is 0 Å². The Balaban J connectivity index is 2.41. The topological polar surface area (TPSA) is 86.2 Å². The van der Waals surface area contributed by atoms with E-state index in [9.17, 15) is 14.9 Å². The Kier molecular flexibility index (Phi) is 3.52. The van der Waals surface area contributed by atoms with Gasteiger partial charge in [0.15, 0.2) is 5.78 Å². The Labute approximate surface area is 116 Å². The zero-order valence-corrected chi connectivity index (χ0v) is 11.2. The van der Waals surface area contributed by atoms with Gasteiger partial charge in [0.1, 0.15) is 0 Å². The highest BCUT2D eigenvalue weighted by molar-refractivity contribution is 6.12. The molecule has 20 heavy (non-hydrogen) atoms. The predicted octanol–water partition coefficient (Wildman–Crippen LogP) is 3.02. The minimum Gasteiger partial charge on any atom is -0.398 e. The SMILES string of the molecule is Cc1cc(N)c(C(=O)c2ccc([N+](=O)[O-])cc2)cc1C. The number of anilines is 1. The third kappa shape index (κ3) is 2.51. The van der Waals surface area contributed by atoms with Crippen molar-refractivity contribution >= 4 is 17.2 Å². The average Bonchev–Trinajstić information content (AvgIpc) is 2.42. The van der Waals surface area contributed by atoms with Crippen molar-refractivity contribution in [2.75, 3.05) is 5.73 Å². The van der Waals surface area contributed by atoms with Gasteiger partial charge < -0.3 is 5.73 Å². The van der Waals surface area contributed by atoms with Gasteiger partial charge in [-0.25, -0.2) is 0 Å². The number of non-ortho nitro benzene ring substituents is 1. The maximum atomic E-state index is 12.4. The molecule has 5 heteroatoms. The molecular weight excluding hydrogens is 256 g/mol. The standard InChI is InChI=1S/C15H14N2O3/c1-9-7-13(14(16)8-10(9)2)15(18)11-3-5-12(6-4-11)17(19)20/h3-8H,16H2,1-2H3. The van der Waals surface area contributed by atoms with Crippen LogP contribution in [0.5, 0.6) is 0 Å². The van der Waals surface area contributed by atoms with Crippen LogP contribution in [0, 0.1) is 24.0 Å². The highest BCUT2D eigenvalue weighted by atomic mass is 16.6. The number of carbonyl (C=O) groups is 1. The second-order valence-electron chi connectivity index (χ2n) is 4.66. The van der Waals surface area contributed by atoms with E-state index in [1.165, 1.54) is 24.3 Å². The van der Waals surface area contributed by atoms with Crippen LogP contribution < -0.4 is 5.73 Å². The van der Waals surface area contributed by atoms with E-state index in [1.807, 2.05) is 13.8 Å². The molecule has 2 aromatic carbocycles. The number of nitrogens with zero attached hydrogens (tertiary/aromatic N) is 1. The number of aryl methyl sites for hydroxylation is 2. The summed E-state index contributed by atoms with van der Waals surface area (Å²) < 4.78 is 0. The maximum Gasteiger partial charge on any atom is 0.269 e. The Hall–Kier alpha value is -2.69. The van der Waals surface area contributed by atoms with E-state index in [4.69, 9.17) is 5.73 Å². The van der Waals surface area contributed by atoms with Gasteiger partial charge in [-0.3, -0.25) is 14.9 Å². The van der Waals surface area contributed by atoms with Gasteiger partial charge in [-0.2, -0.15) is 0 Å². The Bertz CT molecular complexity index is 691. The van der Waals surface area contributed by atoms with Crippen molar-refractivity contribution in [2.24, 2.45) is 0 Å². The summed E-state index contributed by atoms with van der Waals surface area (Å²) in [5.74, 6) is -0.236. The highest BCUT2D eigenvalue weighted by Crippen LogP contribution is 2.22. The van der Waals surface area contributed by atoms with Crippen LogP contribution in [-0.2, 0) is 0 Å². The molecule has 0 aromatic heterocycles. The van der Waals surface area contributed by atoms with Crippen LogP contribution in [0.1, 0.15) is 27.0 Å². The van der Waals surface area contributed by atoms with Crippen LogP contribution in [0.25, 0.3) is 0 Å². The molecule has 0 fully saturated rings. The Morgan fingerprint density at radius 3 is 2.20 bits per heavy atom. The van der Waals surface area contributed by atoms with Crippen LogP contribution in [0.15, 0.2) is 36.4 Å². The molecular formula is C15H14N2O3. The van der Waals surface area contributed by atoms with Crippen molar-refractivity contribution in [3.05, 3.63) is 68.8 Å². The summed E-state index contributed by atoms with van der Waals surface area (Å²) in [4.78, 5) is 22.4. The van der Waals surface area contributed by atoms with Crippen LogP contribution in [0.4, 0.5) is 11.4 Å². The predicted molar refractivity (Wildman–Crippen MR) is 76.9 cm³/mol. The number of benzene rings is 2. The highest BCUT2D eigenvalue weighted by Gasteiger charge is 2.15. The van der Waals surface area contributed by atoms with E-state index < -0.39 is 4.92 Å². The Morgan fingerprint density at radius 2 is 1.65 bits per heavy atom. The zero-order valence-electron chi connectivity index (χ0n) is 11.2. The van der Waals surface area contributed by atoms with Gasteiger partial charge in [0.2, 0.25) is 0 Å². The summed E-state index contributed by atoms with van der Waals surface area (Å²) in [6, 6.07) is 9.00. The number of nitro benzene ring substituents is 1. The summed E-state index contributed by atoms with van der Waals surface area (Å²) in [5.41, 5.74) is 9.04. The van der Waals surface area contributed by atoms with Gasteiger partial charge in [0.25, 0.3) is 5.69 Å². The van der Waals surface area contributed by atoms with Gasteiger partial charge in [0, 0.05) is 28.9 Å². The van der Waals surface area contributed by atoms with Gasteiger partial charge in [-0.1, -0.05) is 0 Å². The number of rotatable bonds is 3. The van der Waals surface area contributed by atoms with Crippen molar-refractivity contribution < 1.29 is 9.72 Å². The van der Waals surface area contributed by atoms with E-state index in [0.29, 0.717) is 16.8 Å². The molecule has 0 saturated heterocycles. The van der Waals surface area contributed by atoms with Crippen LogP contribution >= 0.6 is 0 Å². The molecule has 0 aliphatic heterocycles. The molecule has 0 heterocycles. The van der Waals surface area contributed by atoms with E-state index >= 15 is 0 Å². The Morgan fingerprint density at radius 1 is 1.10 bits per heavy atom.